The average Bonchev–Trinajstić information content (AvgIpc) is 3.11. The van der Waals surface area contributed by atoms with Gasteiger partial charge in [-0.1, -0.05) is 25.1 Å². The van der Waals surface area contributed by atoms with E-state index in [4.69, 9.17) is 4.42 Å². The minimum atomic E-state index is -0.364. The van der Waals surface area contributed by atoms with Crippen molar-refractivity contribution in [3.63, 3.8) is 0 Å². The van der Waals surface area contributed by atoms with E-state index in [1.54, 1.807) is 17.8 Å². The Balaban J connectivity index is 1.65. The zero-order chi connectivity index (χ0) is 16.8. The topological polar surface area (TPSA) is 89.2 Å². The Kier molecular flexibility index (Phi) is 3.16. The number of hydrogen-bond donors (Lipinski definition) is 2. The third-order valence-electron chi connectivity index (χ3n) is 4.23. The smallest absolute Gasteiger partial charge is 0.292 e. The summed E-state index contributed by atoms with van der Waals surface area (Å²) in [5, 5.41) is 10.8. The molecule has 2 aromatic heterocycles. The molecule has 0 bridgehead atoms. The van der Waals surface area contributed by atoms with Crippen molar-refractivity contribution in [2.45, 2.75) is 13.3 Å². The first-order valence-corrected chi connectivity index (χ1v) is 7.69. The van der Waals surface area contributed by atoms with E-state index in [-0.39, 0.29) is 23.5 Å². The summed E-state index contributed by atoms with van der Waals surface area (Å²) in [5.41, 5.74) is 1.49. The Morgan fingerprint density at radius 1 is 1.42 bits per heavy atom. The molecule has 1 atom stereocenters. The Morgan fingerprint density at radius 2 is 2.21 bits per heavy atom. The molecule has 7 heteroatoms. The zero-order valence-corrected chi connectivity index (χ0v) is 13.3. The highest BCUT2D eigenvalue weighted by atomic mass is 16.3. The van der Waals surface area contributed by atoms with Crippen molar-refractivity contribution in [1.82, 2.24) is 9.78 Å². The maximum absolute atomic E-state index is 12.5. The zero-order valence-electron chi connectivity index (χ0n) is 13.3. The normalized spacial score (nSPS) is 16.8. The molecule has 3 aromatic rings. The molecule has 1 aliphatic heterocycles. The summed E-state index contributed by atoms with van der Waals surface area (Å²) >= 11 is 0. The second-order valence-electron chi connectivity index (χ2n) is 6.00. The molecule has 7 nitrogen and oxygen atoms in total. The number of furan rings is 1. The van der Waals surface area contributed by atoms with Gasteiger partial charge in [0.1, 0.15) is 11.4 Å². The number of amides is 2. The molecule has 24 heavy (non-hydrogen) atoms. The van der Waals surface area contributed by atoms with Crippen LogP contribution in [-0.4, -0.2) is 21.6 Å². The Hall–Kier alpha value is -3.09. The number of nitrogens with zero attached hydrogens (tertiary/aromatic N) is 2. The quantitative estimate of drug-likeness (QED) is 0.758. The fourth-order valence-corrected chi connectivity index (χ4v) is 2.92. The lowest BCUT2D eigenvalue weighted by molar-refractivity contribution is -0.119. The van der Waals surface area contributed by atoms with Crippen LogP contribution in [0.5, 0.6) is 0 Å². The first-order chi connectivity index (χ1) is 11.5. The molecule has 122 valence electrons. The van der Waals surface area contributed by atoms with Crippen LogP contribution in [-0.2, 0) is 18.3 Å². The van der Waals surface area contributed by atoms with Gasteiger partial charge in [0.25, 0.3) is 5.91 Å². The number of benzene rings is 1. The second kappa shape index (κ2) is 5.23. The molecular formula is C17H16N4O3. The van der Waals surface area contributed by atoms with E-state index in [0.29, 0.717) is 23.6 Å². The molecule has 0 spiro atoms. The summed E-state index contributed by atoms with van der Waals surface area (Å²) in [7, 11) is 1.73. The van der Waals surface area contributed by atoms with Crippen LogP contribution in [0.25, 0.3) is 11.0 Å². The van der Waals surface area contributed by atoms with Crippen LogP contribution in [0, 0.1) is 5.92 Å². The molecule has 2 N–H and O–H groups in total. The van der Waals surface area contributed by atoms with Crippen LogP contribution in [0.4, 0.5) is 11.6 Å². The number of para-hydroxylation sites is 1. The summed E-state index contributed by atoms with van der Waals surface area (Å²) in [6, 6.07) is 9.14. The number of fused-ring (bicyclic) bond motifs is 2. The predicted octanol–water partition coefficient (Wildman–Crippen LogP) is 2.55. The van der Waals surface area contributed by atoms with E-state index in [1.165, 1.54) is 0 Å². The highest BCUT2D eigenvalue weighted by Gasteiger charge is 2.29. The lowest BCUT2D eigenvalue weighted by Crippen LogP contribution is -2.28. The number of hydrogen-bond acceptors (Lipinski definition) is 4. The average molecular weight is 324 g/mol. The number of aryl methyl sites for hydroxylation is 1. The standard InChI is InChI=1S/C17H16N4O3/c1-9-7-11-14(20-21(2)15(11)19-16(9)22)18-17(23)13-8-10-5-3-4-6-12(10)24-13/h3-6,8-9H,7H2,1-2H3,(H,19,22)(H,18,20,23)/t9-/m1/s1. The maximum atomic E-state index is 12.5. The van der Waals surface area contributed by atoms with Gasteiger partial charge in [0.05, 0.1) is 0 Å². The van der Waals surface area contributed by atoms with Crippen LogP contribution in [0.1, 0.15) is 23.0 Å². The molecule has 0 radical (unpaired) electrons. The van der Waals surface area contributed by atoms with E-state index in [2.05, 4.69) is 15.7 Å². The molecule has 1 aliphatic rings. The highest BCUT2D eigenvalue weighted by Crippen LogP contribution is 2.31. The fraction of sp³-hybridized carbons (Fsp3) is 0.235. The van der Waals surface area contributed by atoms with Crippen molar-refractivity contribution < 1.29 is 14.0 Å². The number of rotatable bonds is 2. The van der Waals surface area contributed by atoms with Gasteiger partial charge in [-0.05, 0) is 18.6 Å². The molecule has 0 aliphatic carbocycles. The van der Waals surface area contributed by atoms with E-state index < -0.39 is 0 Å². The fourth-order valence-electron chi connectivity index (χ4n) is 2.92. The van der Waals surface area contributed by atoms with Crippen molar-refractivity contribution in [3.05, 3.63) is 41.7 Å². The van der Waals surface area contributed by atoms with Crippen molar-refractivity contribution >= 4 is 34.4 Å². The Bertz CT molecular complexity index is 937. The van der Waals surface area contributed by atoms with Gasteiger partial charge < -0.3 is 15.1 Å². The number of aromatic nitrogens is 2. The van der Waals surface area contributed by atoms with Gasteiger partial charge in [0.15, 0.2) is 11.6 Å². The summed E-state index contributed by atoms with van der Waals surface area (Å²) in [6.45, 7) is 1.84. The SMILES string of the molecule is C[C@@H]1Cc2c(NC(=O)c3cc4ccccc4o3)nn(C)c2NC1=O. The van der Waals surface area contributed by atoms with E-state index in [1.807, 2.05) is 31.2 Å². The Morgan fingerprint density at radius 3 is 3.00 bits per heavy atom. The van der Waals surface area contributed by atoms with Crippen molar-refractivity contribution in [2.24, 2.45) is 13.0 Å². The van der Waals surface area contributed by atoms with Gasteiger partial charge in [-0.2, -0.15) is 5.10 Å². The van der Waals surface area contributed by atoms with E-state index in [0.717, 1.165) is 10.9 Å². The van der Waals surface area contributed by atoms with Gasteiger partial charge >= 0.3 is 0 Å². The minimum Gasteiger partial charge on any atom is -0.451 e. The highest BCUT2D eigenvalue weighted by molar-refractivity contribution is 6.05. The number of nitrogens with one attached hydrogen (secondary N) is 2. The van der Waals surface area contributed by atoms with Gasteiger partial charge in [0.2, 0.25) is 5.91 Å². The molecular weight excluding hydrogens is 308 g/mol. The van der Waals surface area contributed by atoms with Gasteiger partial charge in [0, 0.05) is 23.9 Å². The number of carbonyl (C=O) groups excluding carboxylic acids is 2. The summed E-state index contributed by atoms with van der Waals surface area (Å²) in [5.74, 6) is 0.729. The summed E-state index contributed by atoms with van der Waals surface area (Å²) in [6.07, 6.45) is 0.532. The van der Waals surface area contributed by atoms with Crippen molar-refractivity contribution in [3.8, 4) is 0 Å². The first kappa shape index (κ1) is 14.5. The Labute approximate surface area is 137 Å². The van der Waals surface area contributed by atoms with Crippen LogP contribution in [0.2, 0.25) is 0 Å². The van der Waals surface area contributed by atoms with Crippen LogP contribution < -0.4 is 10.6 Å². The molecule has 0 fully saturated rings. The second-order valence-corrected chi connectivity index (χ2v) is 6.00. The minimum absolute atomic E-state index is 0.0411. The number of anilines is 2. The van der Waals surface area contributed by atoms with Gasteiger partial charge in [-0.15, -0.1) is 0 Å². The maximum Gasteiger partial charge on any atom is 0.292 e. The molecule has 3 heterocycles. The molecule has 1 aromatic carbocycles. The predicted molar refractivity (Wildman–Crippen MR) is 88.9 cm³/mol. The van der Waals surface area contributed by atoms with Crippen LogP contribution >= 0.6 is 0 Å². The lowest BCUT2D eigenvalue weighted by atomic mass is 9.98. The number of carbonyl (C=O) groups is 2. The molecule has 4 rings (SSSR count). The first-order valence-electron chi connectivity index (χ1n) is 7.69. The van der Waals surface area contributed by atoms with E-state index in [9.17, 15) is 9.59 Å². The lowest BCUT2D eigenvalue weighted by Gasteiger charge is -2.19. The van der Waals surface area contributed by atoms with E-state index >= 15 is 0 Å². The summed E-state index contributed by atoms with van der Waals surface area (Å²) < 4.78 is 7.14. The molecule has 0 saturated heterocycles. The van der Waals surface area contributed by atoms with Gasteiger partial charge in [-0.3, -0.25) is 14.3 Å². The van der Waals surface area contributed by atoms with Crippen molar-refractivity contribution in [1.29, 1.82) is 0 Å². The summed E-state index contributed by atoms with van der Waals surface area (Å²) in [4.78, 5) is 24.3. The van der Waals surface area contributed by atoms with Gasteiger partial charge in [-0.25, -0.2) is 0 Å². The molecule has 0 saturated carbocycles. The monoisotopic (exact) mass is 324 g/mol. The van der Waals surface area contributed by atoms with Crippen LogP contribution in [0.3, 0.4) is 0 Å². The van der Waals surface area contributed by atoms with Crippen molar-refractivity contribution in [2.75, 3.05) is 10.6 Å². The third-order valence-corrected chi connectivity index (χ3v) is 4.23. The molecule has 2 amide bonds. The van der Waals surface area contributed by atoms with Crippen LogP contribution in [0.15, 0.2) is 34.7 Å². The third kappa shape index (κ3) is 2.25. The molecule has 0 unspecified atom stereocenters. The largest absolute Gasteiger partial charge is 0.451 e.